The molecule has 1 aromatic heterocycles. The number of carbonyl (C=O) groups is 2. The molecule has 1 aliphatic heterocycles. The number of imidazole rings is 1. The third-order valence-electron chi connectivity index (χ3n) is 5.77. The maximum absolute atomic E-state index is 13.2. The topological polar surface area (TPSA) is 102 Å². The molecule has 0 radical (unpaired) electrons. The first kappa shape index (κ1) is 21.1. The van der Waals surface area contributed by atoms with Crippen molar-refractivity contribution in [3.8, 4) is 0 Å². The molecule has 8 heteroatoms. The molecule has 0 saturated carbocycles. The molecule has 1 fully saturated rings. The third kappa shape index (κ3) is 4.22. The number of nitrogens with one attached hydrogen (secondary N) is 1. The summed E-state index contributed by atoms with van der Waals surface area (Å²) in [6.45, 7) is 6.97. The van der Waals surface area contributed by atoms with Gasteiger partial charge in [-0.25, -0.2) is 14.2 Å². The van der Waals surface area contributed by atoms with Crippen LogP contribution < -0.4 is 16.7 Å². The Morgan fingerprint density at radius 3 is 2.45 bits per heavy atom. The van der Waals surface area contributed by atoms with E-state index in [4.69, 9.17) is 5.73 Å². The minimum absolute atomic E-state index is 0.247. The van der Waals surface area contributed by atoms with Crippen LogP contribution in [0, 0.1) is 5.41 Å². The van der Waals surface area contributed by atoms with Crippen molar-refractivity contribution < 1.29 is 9.59 Å². The predicted molar refractivity (Wildman–Crippen MR) is 113 cm³/mol. The second-order valence-electron chi connectivity index (χ2n) is 9.00. The van der Waals surface area contributed by atoms with E-state index < -0.39 is 29.1 Å². The molecule has 2 aromatic rings. The van der Waals surface area contributed by atoms with Crippen LogP contribution in [0.2, 0.25) is 0 Å². The summed E-state index contributed by atoms with van der Waals surface area (Å²) >= 11 is 0. The van der Waals surface area contributed by atoms with Gasteiger partial charge in [0.2, 0.25) is 5.91 Å². The van der Waals surface area contributed by atoms with Crippen molar-refractivity contribution in [1.82, 2.24) is 19.4 Å². The molecule has 8 nitrogen and oxygen atoms in total. The van der Waals surface area contributed by atoms with Crippen LogP contribution in [-0.2, 0) is 11.3 Å². The van der Waals surface area contributed by atoms with E-state index in [0.29, 0.717) is 17.6 Å². The minimum Gasteiger partial charge on any atom is -0.368 e. The number of fused-ring (bicyclic) bond motifs is 1. The maximum Gasteiger partial charge on any atom is 0.337 e. The Hall–Kier alpha value is -2.61. The van der Waals surface area contributed by atoms with Crippen LogP contribution in [-0.4, -0.2) is 51.6 Å². The first-order valence-corrected chi connectivity index (χ1v) is 10.1. The van der Waals surface area contributed by atoms with Gasteiger partial charge in [-0.1, -0.05) is 39.3 Å². The fraction of sp³-hybridized carbons (Fsp3) is 0.571. The molecule has 158 valence electrons. The van der Waals surface area contributed by atoms with E-state index in [1.165, 1.54) is 0 Å². The number of nitrogens with two attached hydrogens (primary N) is 1. The summed E-state index contributed by atoms with van der Waals surface area (Å²) in [5, 5.41) is 2.66. The average molecular weight is 402 g/mol. The molecule has 1 saturated heterocycles. The summed E-state index contributed by atoms with van der Waals surface area (Å²) in [4.78, 5) is 40.4. The van der Waals surface area contributed by atoms with Gasteiger partial charge in [-0.15, -0.1) is 0 Å². The van der Waals surface area contributed by atoms with Crippen molar-refractivity contribution >= 4 is 23.0 Å². The third-order valence-corrected chi connectivity index (χ3v) is 5.77. The quantitative estimate of drug-likeness (QED) is 0.815. The van der Waals surface area contributed by atoms with E-state index in [-0.39, 0.29) is 6.04 Å². The zero-order chi connectivity index (χ0) is 21.3. The van der Waals surface area contributed by atoms with Gasteiger partial charge in [0.25, 0.3) is 0 Å². The number of primary amides is 1. The molecule has 2 amide bonds. The van der Waals surface area contributed by atoms with Crippen molar-refractivity contribution in [2.75, 3.05) is 13.6 Å². The highest BCUT2D eigenvalue weighted by molar-refractivity contribution is 5.92. The SMILES string of the molecule is CN1CCCCC1Cn1c(=O)n(C(=O)N[C@H](C(N)=O)C(C)(C)C)c2ccccc21. The van der Waals surface area contributed by atoms with Crippen molar-refractivity contribution in [3.63, 3.8) is 0 Å². The van der Waals surface area contributed by atoms with Crippen LogP contribution in [0.4, 0.5) is 4.79 Å². The highest BCUT2D eigenvalue weighted by Crippen LogP contribution is 2.21. The van der Waals surface area contributed by atoms with E-state index in [9.17, 15) is 14.4 Å². The van der Waals surface area contributed by atoms with E-state index >= 15 is 0 Å². The number of likely N-dealkylation sites (N-methyl/N-ethyl adjacent to an activating group) is 1. The van der Waals surface area contributed by atoms with E-state index in [2.05, 4.69) is 17.3 Å². The Morgan fingerprint density at radius 1 is 1.21 bits per heavy atom. The number of likely N-dealkylation sites (tertiary alicyclic amines) is 1. The number of hydrogen-bond donors (Lipinski definition) is 2. The Balaban J connectivity index is 2.00. The number of hydrogen-bond acceptors (Lipinski definition) is 4. The summed E-state index contributed by atoms with van der Waals surface area (Å²) in [6, 6.07) is 5.95. The molecule has 1 aromatic carbocycles. The molecule has 0 aliphatic carbocycles. The standard InChI is InChI=1S/C21H31N5O3/c1-21(2,3)17(18(22)27)23-19(28)26-16-11-6-5-10-15(16)25(20(26)29)13-14-9-7-8-12-24(14)4/h5-6,10-11,14,17H,7-9,12-13H2,1-4H3,(H2,22,27)(H,23,28)/t14?,17-/m1/s1. The summed E-state index contributed by atoms with van der Waals surface area (Å²) in [5.41, 5.74) is 5.74. The van der Waals surface area contributed by atoms with Gasteiger partial charge in [0.15, 0.2) is 0 Å². The van der Waals surface area contributed by atoms with Gasteiger partial charge in [0.1, 0.15) is 6.04 Å². The minimum atomic E-state index is -0.895. The molecule has 3 rings (SSSR count). The van der Waals surface area contributed by atoms with Crippen molar-refractivity contribution in [3.05, 3.63) is 34.7 Å². The van der Waals surface area contributed by atoms with E-state index in [1.807, 2.05) is 32.9 Å². The molecule has 29 heavy (non-hydrogen) atoms. The van der Waals surface area contributed by atoms with E-state index in [1.54, 1.807) is 16.7 Å². The number of carbonyl (C=O) groups excluding carboxylic acids is 2. The van der Waals surface area contributed by atoms with Gasteiger partial charge in [-0.05, 0) is 44.0 Å². The van der Waals surface area contributed by atoms with Crippen LogP contribution >= 0.6 is 0 Å². The van der Waals surface area contributed by atoms with Gasteiger partial charge in [-0.2, -0.15) is 0 Å². The molecule has 1 unspecified atom stereocenters. The van der Waals surface area contributed by atoms with E-state index in [0.717, 1.165) is 30.4 Å². The Morgan fingerprint density at radius 2 is 1.86 bits per heavy atom. The molecule has 2 atom stereocenters. The Bertz CT molecular complexity index is 969. The fourth-order valence-electron chi connectivity index (χ4n) is 4.07. The van der Waals surface area contributed by atoms with Gasteiger partial charge in [-0.3, -0.25) is 9.36 Å². The number of nitrogens with zero attached hydrogens (tertiary/aromatic N) is 3. The second kappa shape index (κ2) is 8.02. The Kier molecular flexibility index (Phi) is 5.84. The lowest BCUT2D eigenvalue weighted by Gasteiger charge is -2.32. The van der Waals surface area contributed by atoms with Crippen molar-refractivity contribution in [2.45, 2.75) is 58.7 Å². The van der Waals surface area contributed by atoms with Gasteiger partial charge < -0.3 is 16.0 Å². The van der Waals surface area contributed by atoms with Crippen LogP contribution in [0.3, 0.4) is 0 Å². The van der Waals surface area contributed by atoms with Crippen LogP contribution in [0.25, 0.3) is 11.0 Å². The Labute approximate surface area is 170 Å². The number of rotatable bonds is 4. The number of benzene rings is 1. The molecule has 1 aliphatic rings. The van der Waals surface area contributed by atoms with Crippen molar-refractivity contribution in [1.29, 1.82) is 0 Å². The number of aromatic nitrogens is 2. The largest absolute Gasteiger partial charge is 0.368 e. The van der Waals surface area contributed by atoms with Gasteiger partial charge >= 0.3 is 11.7 Å². The summed E-state index contributed by atoms with van der Waals surface area (Å²) in [5.74, 6) is -0.633. The molecular formula is C21H31N5O3. The van der Waals surface area contributed by atoms with Crippen LogP contribution in [0.1, 0.15) is 40.0 Å². The fourth-order valence-corrected chi connectivity index (χ4v) is 4.07. The smallest absolute Gasteiger partial charge is 0.337 e. The summed E-state index contributed by atoms with van der Waals surface area (Å²) in [7, 11) is 2.07. The molecular weight excluding hydrogens is 370 g/mol. The average Bonchev–Trinajstić information content (AvgIpc) is 2.92. The highest BCUT2D eigenvalue weighted by atomic mass is 16.2. The summed E-state index contributed by atoms with van der Waals surface area (Å²) < 4.78 is 2.78. The lowest BCUT2D eigenvalue weighted by Crippen LogP contribution is -2.54. The maximum atomic E-state index is 13.2. The summed E-state index contributed by atoms with van der Waals surface area (Å²) in [6.07, 6.45) is 3.31. The molecule has 2 heterocycles. The monoisotopic (exact) mass is 401 g/mol. The van der Waals surface area contributed by atoms with Crippen LogP contribution in [0.5, 0.6) is 0 Å². The molecule has 0 bridgehead atoms. The predicted octanol–water partition coefficient (Wildman–Crippen LogP) is 1.75. The zero-order valence-corrected chi connectivity index (χ0v) is 17.6. The van der Waals surface area contributed by atoms with Gasteiger partial charge in [0.05, 0.1) is 11.0 Å². The second-order valence-corrected chi connectivity index (χ2v) is 9.00. The zero-order valence-electron chi connectivity index (χ0n) is 17.6. The molecule has 3 N–H and O–H groups in total. The highest BCUT2D eigenvalue weighted by Gasteiger charge is 2.33. The van der Waals surface area contributed by atoms with Crippen molar-refractivity contribution in [2.24, 2.45) is 11.1 Å². The number of piperidine rings is 1. The van der Waals surface area contributed by atoms with Crippen LogP contribution in [0.15, 0.2) is 29.1 Å². The number of amides is 2. The number of para-hydroxylation sites is 2. The first-order chi connectivity index (χ1) is 13.6. The molecule has 0 spiro atoms. The first-order valence-electron chi connectivity index (χ1n) is 10.1. The normalized spacial score (nSPS) is 19.2. The van der Waals surface area contributed by atoms with Gasteiger partial charge in [0, 0.05) is 12.6 Å². The lowest BCUT2D eigenvalue weighted by atomic mass is 9.86. The lowest BCUT2D eigenvalue weighted by molar-refractivity contribution is -0.122.